The number of nitrogens with one attached hydrogen (secondary N) is 1. The van der Waals surface area contributed by atoms with E-state index in [1.54, 1.807) is 18.2 Å². The molecule has 0 bridgehead atoms. The first-order valence-corrected chi connectivity index (χ1v) is 5.72. The van der Waals surface area contributed by atoms with Crippen LogP contribution in [0.1, 0.15) is 35.7 Å². The lowest BCUT2D eigenvalue weighted by Gasteiger charge is -2.05. The Morgan fingerprint density at radius 2 is 2.12 bits per heavy atom. The zero-order valence-corrected chi connectivity index (χ0v) is 9.90. The molecule has 0 aromatic heterocycles. The van der Waals surface area contributed by atoms with Gasteiger partial charge in [-0.15, -0.1) is 0 Å². The van der Waals surface area contributed by atoms with Crippen molar-refractivity contribution in [1.29, 1.82) is 0 Å². The van der Waals surface area contributed by atoms with Gasteiger partial charge in [-0.2, -0.15) is 0 Å². The highest BCUT2D eigenvalue weighted by molar-refractivity contribution is 5.87. The molecule has 1 aromatic rings. The van der Waals surface area contributed by atoms with E-state index >= 15 is 0 Å². The molecule has 0 radical (unpaired) electrons. The van der Waals surface area contributed by atoms with Gasteiger partial charge in [-0.05, 0) is 30.5 Å². The summed E-state index contributed by atoms with van der Waals surface area (Å²) < 4.78 is 0. The SMILES string of the molecule is CCCC(=O)NCCc1cccc(C(=O)O)c1. The van der Waals surface area contributed by atoms with Crippen LogP contribution in [0, 0.1) is 0 Å². The van der Waals surface area contributed by atoms with Crippen molar-refractivity contribution in [3.8, 4) is 0 Å². The largest absolute Gasteiger partial charge is 0.478 e. The minimum Gasteiger partial charge on any atom is -0.478 e. The second-order valence-corrected chi connectivity index (χ2v) is 3.86. The molecule has 0 aliphatic carbocycles. The first kappa shape index (κ1) is 13.2. The monoisotopic (exact) mass is 235 g/mol. The molecule has 0 aliphatic heterocycles. The van der Waals surface area contributed by atoms with Gasteiger partial charge in [0.05, 0.1) is 5.56 Å². The van der Waals surface area contributed by atoms with Crippen LogP contribution >= 0.6 is 0 Å². The molecule has 0 atom stereocenters. The van der Waals surface area contributed by atoms with Crippen LogP contribution in [0.4, 0.5) is 0 Å². The van der Waals surface area contributed by atoms with Crippen LogP contribution in [-0.2, 0) is 11.2 Å². The number of carbonyl (C=O) groups excluding carboxylic acids is 1. The van der Waals surface area contributed by atoms with Crippen molar-refractivity contribution in [3.63, 3.8) is 0 Å². The molecule has 0 saturated carbocycles. The number of carbonyl (C=O) groups is 2. The van der Waals surface area contributed by atoms with Gasteiger partial charge in [0.1, 0.15) is 0 Å². The summed E-state index contributed by atoms with van der Waals surface area (Å²) >= 11 is 0. The lowest BCUT2D eigenvalue weighted by atomic mass is 10.1. The van der Waals surface area contributed by atoms with Crippen LogP contribution in [0.3, 0.4) is 0 Å². The predicted molar refractivity (Wildman–Crippen MR) is 65.0 cm³/mol. The number of hydrogen-bond donors (Lipinski definition) is 2. The van der Waals surface area contributed by atoms with E-state index < -0.39 is 5.97 Å². The van der Waals surface area contributed by atoms with Crippen LogP contribution in [0.25, 0.3) is 0 Å². The first-order chi connectivity index (χ1) is 8.13. The van der Waals surface area contributed by atoms with Gasteiger partial charge >= 0.3 is 5.97 Å². The normalized spacial score (nSPS) is 9.94. The number of rotatable bonds is 6. The van der Waals surface area contributed by atoms with Gasteiger partial charge in [0.15, 0.2) is 0 Å². The van der Waals surface area contributed by atoms with Gasteiger partial charge in [0, 0.05) is 13.0 Å². The topological polar surface area (TPSA) is 66.4 Å². The number of amides is 1. The van der Waals surface area contributed by atoms with Crippen LogP contribution in [0.15, 0.2) is 24.3 Å². The van der Waals surface area contributed by atoms with Crippen molar-refractivity contribution in [2.45, 2.75) is 26.2 Å². The summed E-state index contributed by atoms with van der Waals surface area (Å²) in [6.45, 7) is 2.50. The summed E-state index contributed by atoms with van der Waals surface area (Å²) in [5.74, 6) is -0.885. The standard InChI is InChI=1S/C13H17NO3/c1-2-4-12(15)14-8-7-10-5-3-6-11(9-10)13(16)17/h3,5-6,9H,2,4,7-8H2,1H3,(H,14,15)(H,16,17). The molecule has 0 saturated heterocycles. The molecular weight excluding hydrogens is 218 g/mol. The zero-order valence-electron chi connectivity index (χ0n) is 9.90. The van der Waals surface area contributed by atoms with Crippen LogP contribution in [0.2, 0.25) is 0 Å². The van der Waals surface area contributed by atoms with Crippen LogP contribution in [0.5, 0.6) is 0 Å². The quantitative estimate of drug-likeness (QED) is 0.790. The number of carboxylic acid groups (broad SMARTS) is 1. The summed E-state index contributed by atoms with van der Waals surface area (Å²) in [7, 11) is 0. The van der Waals surface area contributed by atoms with Crippen LogP contribution < -0.4 is 5.32 Å². The molecule has 4 nitrogen and oxygen atoms in total. The molecule has 0 aliphatic rings. The fourth-order valence-electron chi connectivity index (χ4n) is 1.52. The van der Waals surface area contributed by atoms with Crippen molar-refractivity contribution in [1.82, 2.24) is 5.32 Å². The van der Waals surface area contributed by atoms with Gasteiger partial charge < -0.3 is 10.4 Å². The van der Waals surface area contributed by atoms with Gasteiger partial charge in [-0.1, -0.05) is 19.1 Å². The number of benzene rings is 1. The van der Waals surface area contributed by atoms with Gasteiger partial charge in [-0.3, -0.25) is 4.79 Å². The summed E-state index contributed by atoms with van der Waals surface area (Å²) in [4.78, 5) is 22.0. The van der Waals surface area contributed by atoms with E-state index in [-0.39, 0.29) is 11.5 Å². The van der Waals surface area contributed by atoms with Crippen molar-refractivity contribution < 1.29 is 14.7 Å². The zero-order chi connectivity index (χ0) is 12.7. The Bertz CT molecular complexity index is 401. The maximum absolute atomic E-state index is 11.2. The fraction of sp³-hybridized carbons (Fsp3) is 0.385. The van der Waals surface area contributed by atoms with E-state index in [1.165, 1.54) is 0 Å². The van der Waals surface area contributed by atoms with Crippen molar-refractivity contribution in [2.75, 3.05) is 6.54 Å². The highest BCUT2D eigenvalue weighted by Crippen LogP contribution is 2.05. The molecule has 0 spiro atoms. The van der Waals surface area contributed by atoms with Gasteiger partial charge in [0.25, 0.3) is 0 Å². The van der Waals surface area contributed by atoms with Crippen LogP contribution in [-0.4, -0.2) is 23.5 Å². The average Bonchev–Trinajstić information content (AvgIpc) is 2.30. The molecule has 0 fully saturated rings. The first-order valence-electron chi connectivity index (χ1n) is 5.72. The third-order valence-corrected chi connectivity index (χ3v) is 2.39. The summed E-state index contributed by atoms with van der Waals surface area (Å²) in [5, 5.41) is 11.6. The number of carboxylic acids is 1. The second kappa shape index (κ2) is 6.68. The van der Waals surface area contributed by atoms with Crippen molar-refractivity contribution >= 4 is 11.9 Å². The maximum atomic E-state index is 11.2. The fourth-order valence-corrected chi connectivity index (χ4v) is 1.52. The lowest BCUT2D eigenvalue weighted by Crippen LogP contribution is -2.25. The molecule has 92 valence electrons. The Hall–Kier alpha value is -1.84. The molecule has 4 heteroatoms. The Labute approximate surface area is 101 Å². The van der Waals surface area contributed by atoms with Gasteiger partial charge in [0.2, 0.25) is 5.91 Å². The molecule has 1 rings (SSSR count). The van der Waals surface area contributed by atoms with Crippen molar-refractivity contribution in [2.24, 2.45) is 0 Å². The summed E-state index contributed by atoms with van der Waals surface area (Å²) in [6.07, 6.45) is 2.02. The minimum atomic E-state index is -0.929. The molecular formula is C13H17NO3. The Morgan fingerprint density at radius 3 is 2.76 bits per heavy atom. The van der Waals surface area contributed by atoms with E-state index in [2.05, 4.69) is 5.32 Å². The lowest BCUT2D eigenvalue weighted by molar-refractivity contribution is -0.121. The third-order valence-electron chi connectivity index (χ3n) is 2.39. The van der Waals surface area contributed by atoms with E-state index in [4.69, 9.17) is 5.11 Å². The molecule has 1 aromatic carbocycles. The number of hydrogen-bond acceptors (Lipinski definition) is 2. The molecule has 0 heterocycles. The van der Waals surface area contributed by atoms with E-state index in [1.807, 2.05) is 13.0 Å². The number of aromatic carboxylic acids is 1. The highest BCUT2D eigenvalue weighted by Gasteiger charge is 2.03. The third kappa shape index (κ3) is 4.68. The molecule has 1 amide bonds. The maximum Gasteiger partial charge on any atom is 0.335 e. The summed E-state index contributed by atoms with van der Waals surface area (Å²) in [6, 6.07) is 6.76. The van der Waals surface area contributed by atoms with E-state index in [0.29, 0.717) is 19.4 Å². The van der Waals surface area contributed by atoms with E-state index in [0.717, 1.165) is 12.0 Å². The smallest absolute Gasteiger partial charge is 0.335 e. The van der Waals surface area contributed by atoms with Crippen molar-refractivity contribution in [3.05, 3.63) is 35.4 Å². The minimum absolute atomic E-state index is 0.0434. The summed E-state index contributed by atoms with van der Waals surface area (Å²) in [5.41, 5.74) is 1.20. The second-order valence-electron chi connectivity index (χ2n) is 3.86. The highest BCUT2D eigenvalue weighted by atomic mass is 16.4. The molecule has 0 unspecified atom stereocenters. The average molecular weight is 235 g/mol. The Balaban J connectivity index is 2.44. The Kier molecular flexibility index (Phi) is 5.20. The molecule has 2 N–H and O–H groups in total. The van der Waals surface area contributed by atoms with E-state index in [9.17, 15) is 9.59 Å². The Morgan fingerprint density at radius 1 is 1.35 bits per heavy atom. The predicted octanol–water partition coefficient (Wildman–Crippen LogP) is 1.84. The molecule has 17 heavy (non-hydrogen) atoms. The van der Waals surface area contributed by atoms with Gasteiger partial charge in [-0.25, -0.2) is 4.79 Å².